The topological polar surface area (TPSA) is 72.6 Å². The van der Waals surface area contributed by atoms with Crippen molar-refractivity contribution in [2.45, 2.75) is 36.0 Å². The van der Waals surface area contributed by atoms with Crippen molar-refractivity contribution in [2.75, 3.05) is 18.0 Å². The van der Waals surface area contributed by atoms with Crippen LogP contribution in [-0.2, 0) is 14.6 Å². The van der Waals surface area contributed by atoms with Gasteiger partial charge in [-0.3, -0.25) is 0 Å². The predicted octanol–water partition coefficient (Wildman–Crippen LogP) is 3.79. The van der Waals surface area contributed by atoms with E-state index < -0.39 is 9.84 Å². The van der Waals surface area contributed by atoms with E-state index in [2.05, 4.69) is 4.98 Å². The van der Waals surface area contributed by atoms with Crippen molar-refractivity contribution in [3.63, 3.8) is 0 Å². The molecule has 0 N–H and O–H groups in total. The van der Waals surface area contributed by atoms with E-state index in [9.17, 15) is 8.42 Å². The molecule has 146 valence electrons. The summed E-state index contributed by atoms with van der Waals surface area (Å²) in [7, 11) is -3.83. The molecule has 6 nitrogen and oxygen atoms in total. The first kappa shape index (κ1) is 18.7. The summed E-state index contributed by atoms with van der Waals surface area (Å²) in [5.74, 6) is 0.557. The molecule has 2 heterocycles. The second kappa shape index (κ2) is 7.41. The van der Waals surface area contributed by atoms with E-state index in [0.29, 0.717) is 13.1 Å². The molecular formula is C21H22N2O4S. The highest BCUT2D eigenvalue weighted by atomic mass is 32.2. The molecule has 2 atom stereocenters. The monoisotopic (exact) mass is 398 g/mol. The summed E-state index contributed by atoms with van der Waals surface area (Å²) in [4.78, 5) is 6.52. The van der Waals surface area contributed by atoms with Gasteiger partial charge >= 0.3 is 0 Å². The Hall–Kier alpha value is -2.64. The average Bonchev–Trinajstić information content (AvgIpc) is 3.15. The van der Waals surface area contributed by atoms with Crippen LogP contribution >= 0.6 is 0 Å². The lowest BCUT2D eigenvalue weighted by Crippen LogP contribution is -2.45. The number of sulfone groups is 1. The first-order valence-electron chi connectivity index (χ1n) is 9.22. The summed E-state index contributed by atoms with van der Waals surface area (Å²) in [6.45, 7) is 4.99. The number of hydrogen-bond acceptors (Lipinski definition) is 6. The Kier molecular flexibility index (Phi) is 4.95. The van der Waals surface area contributed by atoms with E-state index in [0.717, 1.165) is 5.56 Å². The standard InChI is InChI=1S/C21H22N2O4S/c1-15-13-23(14-16(2)26-15)21-20(28(24,25)18-11-7-4-8-12-18)22-19(27-21)17-9-5-3-6-10-17/h3-12,15-16H,13-14H2,1-2H3/t15-,16-/m0/s1. The predicted molar refractivity (Wildman–Crippen MR) is 106 cm³/mol. The number of morpholine rings is 1. The van der Waals surface area contributed by atoms with Gasteiger partial charge in [-0.1, -0.05) is 36.4 Å². The Labute approximate surface area is 164 Å². The number of hydrogen-bond donors (Lipinski definition) is 0. The van der Waals surface area contributed by atoms with Gasteiger partial charge in [0.25, 0.3) is 0 Å². The second-order valence-corrected chi connectivity index (χ2v) is 8.84. The zero-order valence-corrected chi connectivity index (χ0v) is 16.6. The van der Waals surface area contributed by atoms with Crippen LogP contribution in [0.1, 0.15) is 13.8 Å². The summed E-state index contributed by atoms with van der Waals surface area (Å²) < 4.78 is 38.5. The Morgan fingerprint density at radius 3 is 2.11 bits per heavy atom. The largest absolute Gasteiger partial charge is 0.419 e. The number of anilines is 1. The van der Waals surface area contributed by atoms with Crippen molar-refractivity contribution >= 4 is 15.7 Å². The van der Waals surface area contributed by atoms with E-state index in [1.807, 2.05) is 49.1 Å². The number of oxazole rings is 1. The van der Waals surface area contributed by atoms with Crippen molar-refractivity contribution in [1.29, 1.82) is 0 Å². The maximum absolute atomic E-state index is 13.3. The first-order chi connectivity index (χ1) is 13.4. The van der Waals surface area contributed by atoms with Gasteiger partial charge in [0.15, 0.2) is 0 Å². The van der Waals surface area contributed by atoms with Crippen molar-refractivity contribution in [3.05, 3.63) is 60.7 Å². The third-order valence-electron chi connectivity index (χ3n) is 4.62. The highest BCUT2D eigenvalue weighted by Crippen LogP contribution is 2.35. The normalized spacial score (nSPS) is 20.3. The van der Waals surface area contributed by atoms with E-state index in [1.54, 1.807) is 30.3 Å². The molecule has 28 heavy (non-hydrogen) atoms. The average molecular weight is 398 g/mol. The Bertz CT molecular complexity index is 1040. The van der Waals surface area contributed by atoms with Crippen molar-refractivity contribution in [2.24, 2.45) is 0 Å². The number of ether oxygens (including phenoxy) is 1. The van der Waals surface area contributed by atoms with Gasteiger partial charge in [0.1, 0.15) is 0 Å². The molecule has 1 saturated heterocycles. The molecule has 4 rings (SSSR count). The van der Waals surface area contributed by atoms with Gasteiger partial charge in [0, 0.05) is 18.7 Å². The van der Waals surface area contributed by atoms with Crippen molar-refractivity contribution < 1.29 is 17.6 Å². The van der Waals surface area contributed by atoms with Gasteiger partial charge in [-0.2, -0.15) is 4.98 Å². The highest BCUT2D eigenvalue weighted by Gasteiger charge is 2.34. The SMILES string of the molecule is C[C@H]1CN(c2oc(-c3ccccc3)nc2S(=O)(=O)c2ccccc2)C[C@H](C)O1. The molecule has 0 radical (unpaired) electrons. The molecule has 0 spiro atoms. The summed E-state index contributed by atoms with van der Waals surface area (Å²) in [6, 6.07) is 17.6. The smallest absolute Gasteiger partial charge is 0.236 e. The number of aromatic nitrogens is 1. The zero-order valence-electron chi connectivity index (χ0n) is 15.8. The molecule has 1 aromatic heterocycles. The molecule has 0 aliphatic carbocycles. The summed E-state index contributed by atoms with van der Waals surface area (Å²) in [5, 5.41) is -0.0566. The van der Waals surface area contributed by atoms with Crippen LogP contribution in [0.4, 0.5) is 5.88 Å². The van der Waals surface area contributed by atoms with Crippen LogP contribution in [0.15, 0.2) is 75.0 Å². The maximum atomic E-state index is 13.3. The first-order valence-corrected chi connectivity index (χ1v) is 10.7. The summed E-state index contributed by atoms with van der Waals surface area (Å²) >= 11 is 0. The zero-order chi connectivity index (χ0) is 19.7. The number of nitrogens with zero attached hydrogens (tertiary/aromatic N) is 2. The maximum Gasteiger partial charge on any atom is 0.236 e. The lowest BCUT2D eigenvalue weighted by molar-refractivity contribution is -0.00657. The lowest BCUT2D eigenvalue weighted by Gasteiger charge is -2.35. The van der Waals surface area contributed by atoms with Crippen LogP contribution in [0.2, 0.25) is 0 Å². The van der Waals surface area contributed by atoms with Gasteiger partial charge in [-0.25, -0.2) is 8.42 Å². The van der Waals surface area contributed by atoms with Crippen LogP contribution in [0.5, 0.6) is 0 Å². The third-order valence-corrected chi connectivity index (χ3v) is 6.28. The number of benzene rings is 2. The van der Waals surface area contributed by atoms with Gasteiger partial charge in [-0.15, -0.1) is 0 Å². The molecule has 0 amide bonds. The molecule has 7 heteroatoms. The fourth-order valence-electron chi connectivity index (χ4n) is 3.43. The molecule has 3 aromatic rings. The van der Waals surface area contributed by atoms with Gasteiger partial charge < -0.3 is 14.1 Å². The molecule has 2 aromatic carbocycles. The quantitative estimate of drug-likeness (QED) is 0.666. The molecule has 0 bridgehead atoms. The van der Waals surface area contributed by atoms with E-state index in [4.69, 9.17) is 9.15 Å². The number of rotatable bonds is 4. The van der Waals surface area contributed by atoms with Crippen molar-refractivity contribution in [1.82, 2.24) is 4.98 Å². The third kappa shape index (κ3) is 3.55. The lowest BCUT2D eigenvalue weighted by atomic mass is 10.2. The fraction of sp³-hybridized carbons (Fsp3) is 0.286. The Balaban J connectivity index is 1.85. The van der Waals surface area contributed by atoms with Crippen LogP contribution in [0, 0.1) is 0 Å². The highest BCUT2D eigenvalue weighted by molar-refractivity contribution is 7.91. The molecule has 1 aliphatic rings. The minimum Gasteiger partial charge on any atom is -0.419 e. The van der Waals surface area contributed by atoms with E-state index >= 15 is 0 Å². The minimum atomic E-state index is -3.83. The molecule has 0 saturated carbocycles. The van der Waals surface area contributed by atoms with E-state index in [1.165, 1.54) is 0 Å². The van der Waals surface area contributed by atoms with E-state index in [-0.39, 0.29) is 33.9 Å². The summed E-state index contributed by atoms with van der Waals surface area (Å²) in [5.41, 5.74) is 0.729. The van der Waals surface area contributed by atoms with Crippen LogP contribution in [-0.4, -0.2) is 38.7 Å². The minimum absolute atomic E-state index is 0.0405. The van der Waals surface area contributed by atoms with Gasteiger partial charge in [0.05, 0.1) is 17.1 Å². The van der Waals surface area contributed by atoms with Gasteiger partial charge in [-0.05, 0) is 38.1 Å². The Morgan fingerprint density at radius 2 is 1.50 bits per heavy atom. The van der Waals surface area contributed by atoms with Gasteiger partial charge in [0.2, 0.25) is 26.6 Å². The molecule has 0 unspecified atom stereocenters. The second-order valence-electron chi connectivity index (χ2n) is 6.97. The molecule has 1 aliphatic heterocycles. The summed E-state index contributed by atoms with van der Waals surface area (Å²) in [6.07, 6.45) is -0.0809. The van der Waals surface area contributed by atoms with Crippen LogP contribution in [0.3, 0.4) is 0 Å². The Morgan fingerprint density at radius 1 is 0.929 bits per heavy atom. The van der Waals surface area contributed by atoms with Crippen molar-refractivity contribution in [3.8, 4) is 11.5 Å². The van der Waals surface area contributed by atoms with Crippen LogP contribution in [0.25, 0.3) is 11.5 Å². The molecular weight excluding hydrogens is 376 g/mol. The van der Waals surface area contributed by atoms with Crippen LogP contribution < -0.4 is 4.90 Å². The molecule has 1 fully saturated rings. The fourth-order valence-corrected chi connectivity index (χ4v) is 4.77.